The van der Waals surface area contributed by atoms with E-state index in [-0.39, 0.29) is 6.42 Å². The number of hydrogen-bond donors (Lipinski definition) is 1. The van der Waals surface area contributed by atoms with E-state index in [1.54, 1.807) is 50.6 Å². The van der Waals surface area contributed by atoms with Gasteiger partial charge in [-0.2, -0.15) is 0 Å². The van der Waals surface area contributed by atoms with Gasteiger partial charge in [0.25, 0.3) is 5.91 Å². The van der Waals surface area contributed by atoms with Crippen LogP contribution in [0, 0.1) is 0 Å². The van der Waals surface area contributed by atoms with Crippen molar-refractivity contribution in [2.75, 3.05) is 19.5 Å². The number of esters is 1. The lowest BCUT2D eigenvalue weighted by Gasteiger charge is -2.14. The number of anilines is 1. The van der Waals surface area contributed by atoms with Gasteiger partial charge in [-0.15, -0.1) is 0 Å². The van der Waals surface area contributed by atoms with E-state index in [1.807, 2.05) is 6.07 Å². The molecule has 0 aliphatic rings. The van der Waals surface area contributed by atoms with Gasteiger partial charge in [0, 0.05) is 6.42 Å². The molecule has 0 radical (unpaired) electrons. The molecule has 0 heterocycles. The van der Waals surface area contributed by atoms with Crippen LogP contribution in [0.1, 0.15) is 18.9 Å². The first kappa shape index (κ1) is 20.6. The van der Waals surface area contributed by atoms with Crippen LogP contribution >= 0.6 is 11.6 Å². The lowest BCUT2D eigenvalue weighted by Crippen LogP contribution is -2.30. The standard InChI is InChI=1S/C20H22ClNO5/c1-13(20(24)22-16-7-5-4-6-15(16)21)27-19(23)11-9-14-8-10-17(25-2)18(12-14)26-3/h4-8,10,12-13H,9,11H2,1-3H3,(H,22,24)/t13-/m1/s1. The van der Waals surface area contributed by atoms with Crippen LogP contribution in [0.4, 0.5) is 5.69 Å². The van der Waals surface area contributed by atoms with Crippen molar-refractivity contribution in [3.8, 4) is 11.5 Å². The van der Waals surface area contributed by atoms with Gasteiger partial charge in [-0.25, -0.2) is 0 Å². The second kappa shape index (κ2) is 9.83. The Morgan fingerprint density at radius 3 is 2.44 bits per heavy atom. The highest BCUT2D eigenvalue weighted by Crippen LogP contribution is 2.28. The summed E-state index contributed by atoms with van der Waals surface area (Å²) < 4.78 is 15.6. The zero-order chi connectivity index (χ0) is 19.8. The van der Waals surface area contributed by atoms with Crippen molar-refractivity contribution in [1.29, 1.82) is 0 Å². The number of carbonyl (C=O) groups excluding carboxylic acids is 2. The molecule has 144 valence electrons. The molecule has 1 N–H and O–H groups in total. The maximum Gasteiger partial charge on any atom is 0.306 e. The predicted octanol–water partition coefficient (Wildman–Crippen LogP) is 3.86. The minimum Gasteiger partial charge on any atom is -0.493 e. The first-order valence-corrected chi connectivity index (χ1v) is 8.78. The zero-order valence-corrected chi connectivity index (χ0v) is 16.2. The Balaban J connectivity index is 1.86. The van der Waals surface area contributed by atoms with E-state index in [4.69, 9.17) is 25.8 Å². The van der Waals surface area contributed by atoms with Gasteiger partial charge >= 0.3 is 5.97 Å². The van der Waals surface area contributed by atoms with Crippen molar-refractivity contribution in [3.05, 3.63) is 53.1 Å². The Hall–Kier alpha value is -2.73. The zero-order valence-electron chi connectivity index (χ0n) is 15.5. The maximum absolute atomic E-state index is 12.2. The molecule has 0 fully saturated rings. The summed E-state index contributed by atoms with van der Waals surface area (Å²) in [6.07, 6.45) is -0.337. The third kappa shape index (κ3) is 5.89. The minimum atomic E-state index is -0.931. The Morgan fingerprint density at radius 2 is 1.78 bits per heavy atom. The molecular formula is C20H22ClNO5. The second-order valence-electron chi connectivity index (χ2n) is 5.79. The monoisotopic (exact) mass is 391 g/mol. The van der Waals surface area contributed by atoms with Crippen LogP contribution in [0.2, 0.25) is 5.02 Å². The van der Waals surface area contributed by atoms with E-state index in [1.165, 1.54) is 6.92 Å². The summed E-state index contributed by atoms with van der Waals surface area (Å²) in [5.41, 5.74) is 1.37. The molecule has 0 saturated carbocycles. The van der Waals surface area contributed by atoms with Gasteiger partial charge in [0.05, 0.1) is 24.9 Å². The van der Waals surface area contributed by atoms with E-state index >= 15 is 0 Å². The van der Waals surface area contributed by atoms with Gasteiger partial charge in [-0.05, 0) is 43.2 Å². The molecule has 0 aromatic heterocycles. The van der Waals surface area contributed by atoms with E-state index in [2.05, 4.69) is 5.32 Å². The molecule has 0 aliphatic carbocycles. The SMILES string of the molecule is COc1ccc(CCC(=O)O[C@H](C)C(=O)Nc2ccccc2Cl)cc1OC. The summed E-state index contributed by atoms with van der Waals surface area (Å²) in [6.45, 7) is 1.51. The number of carbonyl (C=O) groups is 2. The summed E-state index contributed by atoms with van der Waals surface area (Å²) in [5, 5.41) is 3.05. The molecule has 2 aromatic carbocycles. The number of aryl methyl sites for hydroxylation is 1. The van der Waals surface area contributed by atoms with Gasteiger partial charge in [-0.3, -0.25) is 9.59 Å². The summed E-state index contributed by atoms with van der Waals surface area (Å²) in [7, 11) is 3.11. The maximum atomic E-state index is 12.2. The molecule has 2 aromatic rings. The Kier molecular flexibility index (Phi) is 7.49. The predicted molar refractivity (Wildman–Crippen MR) is 104 cm³/mol. The molecule has 0 bridgehead atoms. The van der Waals surface area contributed by atoms with Crippen LogP contribution < -0.4 is 14.8 Å². The second-order valence-corrected chi connectivity index (χ2v) is 6.20. The smallest absolute Gasteiger partial charge is 0.306 e. The number of nitrogens with one attached hydrogen (secondary N) is 1. The minimum absolute atomic E-state index is 0.138. The van der Waals surface area contributed by atoms with Crippen LogP contribution in [0.5, 0.6) is 11.5 Å². The highest BCUT2D eigenvalue weighted by Gasteiger charge is 2.18. The fraction of sp³-hybridized carbons (Fsp3) is 0.300. The van der Waals surface area contributed by atoms with Crippen molar-refractivity contribution in [1.82, 2.24) is 0 Å². The lowest BCUT2D eigenvalue weighted by molar-refractivity contribution is -0.153. The molecule has 2 rings (SSSR count). The van der Waals surface area contributed by atoms with Crippen LogP contribution in [-0.2, 0) is 20.7 Å². The number of benzene rings is 2. The molecule has 6 nitrogen and oxygen atoms in total. The number of rotatable bonds is 8. The van der Waals surface area contributed by atoms with Crippen molar-refractivity contribution >= 4 is 29.2 Å². The molecular weight excluding hydrogens is 370 g/mol. The summed E-state index contributed by atoms with van der Waals surface area (Å²) in [4.78, 5) is 24.2. The van der Waals surface area contributed by atoms with Crippen molar-refractivity contribution < 1.29 is 23.8 Å². The Morgan fingerprint density at radius 1 is 1.07 bits per heavy atom. The van der Waals surface area contributed by atoms with E-state index in [0.717, 1.165) is 5.56 Å². The fourth-order valence-corrected chi connectivity index (χ4v) is 2.57. The fourth-order valence-electron chi connectivity index (χ4n) is 2.39. The van der Waals surface area contributed by atoms with Crippen molar-refractivity contribution in [2.45, 2.75) is 25.9 Å². The normalized spacial score (nSPS) is 11.4. The van der Waals surface area contributed by atoms with Crippen LogP contribution in [0.25, 0.3) is 0 Å². The Labute approximate surface area is 163 Å². The number of methoxy groups -OCH3 is 2. The van der Waals surface area contributed by atoms with Gasteiger partial charge in [-0.1, -0.05) is 29.8 Å². The largest absolute Gasteiger partial charge is 0.493 e. The van der Waals surface area contributed by atoms with Crippen LogP contribution in [0.3, 0.4) is 0 Å². The van der Waals surface area contributed by atoms with Gasteiger partial charge < -0.3 is 19.5 Å². The van der Waals surface area contributed by atoms with Gasteiger partial charge in [0.2, 0.25) is 0 Å². The highest BCUT2D eigenvalue weighted by atomic mass is 35.5. The average molecular weight is 392 g/mol. The molecule has 27 heavy (non-hydrogen) atoms. The van der Waals surface area contributed by atoms with E-state index in [9.17, 15) is 9.59 Å². The van der Waals surface area contributed by atoms with E-state index < -0.39 is 18.0 Å². The molecule has 0 unspecified atom stereocenters. The summed E-state index contributed by atoms with van der Waals surface area (Å²) in [6, 6.07) is 12.3. The number of amides is 1. The highest BCUT2D eigenvalue weighted by molar-refractivity contribution is 6.33. The van der Waals surface area contributed by atoms with E-state index in [0.29, 0.717) is 28.6 Å². The molecule has 0 spiro atoms. The number of para-hydroxylation sites is 1. The number of ether oxygens (including phenoxy) is 3. The number of hydrogen-bond acceptors (Lipinski definition) is 5. The van der Waals surface area contributed by atoms with Gasteiger partial charge in [0.1, 0.15) is 0 Å². The van der Waals surface area contributed by atoms with Crippen molar-refractivity contribution in [2.24, 2.45) is 0 Å². The molecule has 1 atom stereocenters. The molecule has 1 amide bonds. The van der Waals surface area contributed by atoms with Gasteiger partial charge in [0.15, 0.2) is 17.6 Å². The van der Waals surface area contributed by atoms with Crippen LogP contribution in [0.15, 0.2) is 42.5 Å². The third-order valence-electron chi connectivity index (χ3n) is 3.87. The summed E-state index contributed by atoms with van der Waals surface area (Å²) in [5.74, 6) is 0.304. The summed E-state index contributed by atoms with van der Waals surface area (Å²) >= 11 is 6.00. The number of halogens is 1. The molecule has 0 saturated heterocycles. The molecule has 0 aliphatic heterocycles. The quantitative estimate of drug-likeness (QED) is 0.691. The molecule has 7 heteroatoms. The topological polar surface area (TPSA) is 73.9 Å². The van der Waals surface area contributed by atoms with Crippen LogP contribution in [-0.4, -0.2) is 32.2 Å². The average Bonchev–Trinajstić information content (AvgIpc) is 2.67. The Bertz CT molecular complexity index is 809. The lowest BCUT2D eigenvalue weighted by atomic mass is 10.1. The first-order valence-electron chi connectivity index (χ1n) is 8.40. The first-order chi connectivity index (χ1) is 12.9. The third-order valence-corrected chi connectivity index (χ3v) is 4.20. The van der Waals surface area contributed by atoms with Crippen molar-refractivity contribution in [3.63, 3.8) is 0 Å².